The number of rotatable bonds is 8. The fourth-order valence-corrected chi connectivity index (χ4v) is 3.56. The van der Waals surface area contributed by atoms with Crippen LogP contribution >= 0.6 is 0 Å². The minimum atomic E-state index is -0.556. The van der Waals surface area contributed by atoms with E-state index in [0.29, 0.717) is 28.6 Å². The van der Waals surface area contributed by atoms with E-state index < -0.39 is 5.91 Å². The van der Waals surface area contributed by atoms with Crippen molar-refractivity contribution in [3.8, 4) is 22.8 Å². The number of hydrogen-bond donors (Lipinski definition) is 2. The van der Waals surface area contributed by atoms with E-state index in [2.05, 4.69) is 57.1 Å². The highest BCUT2D eigenvalue weighted by Crippen LogP contribution is 2.29. The quantitative estimate of drug-likeness (QED) is 0.292. The molecule has 0 atom stereocenters. The summed E-state index contributed by atoms with van der Waals surface area (Å²) in [6, 6.07) is 15.2. The number of hydrogen-bond acceptors (Lipinski definition) is 9. The van der Waals surface area contributed by atoms with Crippen LogP contribution in [-0.2, 0) is 6.42 Å². The van der Waals surface area contributed by atoms with Crippen LogP contribution in [0.25, 0.3) is 17.1 Å². The summed E-state index contributed by atoms with van der Waals surface area (Å²) in [5, 5.41) is 19.8. The Morgan fingerprint density at radius 3 is 2.63 bits per heavy atom. The molecule has 4 aromatic rings. The van der Waals surface area contributed by atoms with Crippen molar-refractivity contribution in [2.24, 2.45) is 11.0 Å². The van der Waals surface area contributed by atoms with Gasteiger partial charge in [0.2, 0.25) is 11.6 Å². The van der Waals surface area contributed by atoms with E-state index in [4.69, 9.17) is 15.1 Å². The number of hydrazone groups is 1. The van der Waals surface area contributed by atoms with Crippen LogP contribution in [-0.4, -0.2) is 44.0 Å². The molecule has 0 aliphatic carbocycles. The molecule has 0 radical (unpaired) electrons. The first-order chi connectivity index (χ1) is 16.9. The fraction of sp³-hybridized carbons (Fsp3) is 0.250. The molecule has 2 aromatic heterocycles. The van der Waals surface area contributed by atoms with Gasteiger partial charge < -0.3 is 10.5 Å². The Kier molecular flexibility index (Phi) is 6.86. The number of nitrogens with two attached hydrogens (primary N) is 1. The van der Waals surface area contributed by atoms with Crippen molar-refractivity contribution in [1.82, 2.24) is 30.7 Å². The van der Waals surface area contributed by atoms with E-state index >= 15 is 0 Å². The number of amides is 1. The fourth-order valence-electron chi connectivity index (χ4n) is 3.56. The van der Waals surface area contributed by atoms with Gasteiger partial charge in [-0.25, -0.2) is 10.1 Å². The number of methoxy groups -OCH3 is 1. The van der Waals surface area contributed by atoms with E-state index in [9.17, 15) is 4.79 Å². The monoisotopic (exact) mass is 474 g/mol. The Hall–Kier alpha value is -4.54. The molecule has 2 heterocycles. The van der Waals surface area contributed by atoms with Gasteiger partial charge in [-0.05, 0) is 52.8 Å². The lowest BCUT2D eigenvalue weighted by Gasteiger charge is -2.08. The van der Waals surface area contributed by atoms with Gasteiger partial charge >= 0.3 is 0 Å². The standard InChI is InChI=1S/C24H26N8O3/c1-14(2)12-16-8-10-17(11-9-16)15(3)26-28-24(33)20-21(18-6-5-7-19(13-18)34-4)32(31-27-20)23-22(25)29-35-30-23/h5-11,13-14H,12H2,1-4H3,(H2,25,29)(H,28,33)/b26-15+. The number of aromatic nitrogens is 5. The maximum absolute atomic E-state index is 13.1. The van der Waals surface area contributed by atoms with Gasteiger partial charge in [0, 0.05) is 5.56 Å². The average molecular weight is 475 g/mol. The van der Waals surface area contributed by atoms with Crippen LogP contribution < -0.4 is 15.9 Å². The van der Waals surface area contributed by atoms with Crippen molar-refractivity contribution in [2.75, 3.05) is 12.8 Å². The number of ether oxygens (including phenoxy) is 1. The molecule has 11 nitrogen and oxygen atoms in total. The lowest BCUT2D eigenvalue weighted by atomic mass is 10.0. The number of nitrogens with one attached hydrogen (secondary N) is 1. The van der Waals surface area contributed by atoms with Crippen molar-refractivity contribution < 1.29 is 14.2 Å². The second-order valence-corrected chi connectivity index (χ2v) is 8.34. The zero-order valence-corrected chi connectivity index (χ0v) is 19.9. The highest BCUT2D eigenvalue weighted by atomic mass is 16.6. The van der Waals surface area contributed by atoms with E-state index in [0.717, 1.165) is 12.0 Å². The highest BCUT2D eigenvalue weighted by Gasteiger charge is 2.25. The lowest BCUT2D eigenvalue weighted by Crippen LogP contribution is -2.21. The van der Waals surface area contributed by atoms with Gasteiger partial charge in [0.25, 0.3) is 5.91 Å². The molecular formula is C24H26N8O3. The van der Waals surface area contributed by atoms with E-state index in [1.807, 2.05) is 19.1 Å². The predicted molar refractivity (Wildman–Crippen MR) is 130 cm³/mol. The maximum Gasteiger partial charge on any atom is 0.294 e. The molecule has 180 valence electrons. The second-order valence-electron chi connectivity index (χ2n) is 8.34. The van der Waals surface area contributed by atoms with Gasteiger partial charge in [-0.2, -0.15) is 9.78 Å². The molecule has 0 aliphatic rings. The van der Waals surface area contributed by atoms with Crippen molar-refractivity contribution in [3.63, 3.8) is 0 Å². The molecular weight excluding hydrogens is 448 g/mol. The molecule has 0 spiro atoms. The summed E-state index contributed by atoms with van der Waals surface area (Å²) in [5.41, 5.74) is 12.2. The Morgan fingerprint density at radius 1 is 1.20 bits per heavy atom. The van der Waals surface area contributed by atoms with Gasteiger partial charge in [-0.15, -0.1) is 5.10 Å². The van der Waals surface area contributed by atoms with Crippen LogP contribution in [0.4, 0.5) is 5.82 Å². The van der Waals surface area contributed by atoms with Crippen molar-refractivity contribution in [2.45, 2.75) is 27.2 Å². The molecule has 3 N–H and O–H groups in total. The Bertz CT molecular complexity index is 1360. The summed E-state index contributed by atoms with van der Waals surface area (Å²) in [6.07, 6.45) is 1.00. The molecule has 11 heteroatoms. The molecule has 35 heavy (non-hydrogen) atoms. The third-order valence-electron chi connectivity index (χ3n) is 5.27. The van der Waals surface area contributed by atoms with Crippen LogP contribution in [0.5, 0.6) is 5.75 Å². The molecule has 0 bridgehead atoms. The van der Waals surface area contributed by atoms with Gasteiger partial charge in [-0.1, -0.05) is 55.5 Å². The number of nitrogens with zero attached hydrogens (tertiary/aromatic N) is 6. The SMILES string of the molecule is COc1cccc(-c2c(C(=O)N/N=C(\C)c3ccc(CC(C)C)cc3)nnn2-c2nonc2N)c1. The van der Waals surface area contributed by atoms with Crippen LogP contribution in [0.1, 0.15) is 42.4 Å². The summed E-state index contributed by atoms with van der Waals surface area (Å²) < 4.78 is 11.3. The van der Waals surface area contributed by atoms with E-state index in [1.165, 1.54) is 10.2 Å². The lowest BCUT2D eigenvalue weighted by molar-refractivity contribution is 0.0950. The zero-order chi connectivity index (χ0) is 24.9. The van der Waals surface area contributed by atoms with Crippen molar-refractivity contribution in [1.29, 1.82) is 0 Å². The zero-order valence-electron chi connectivity index (χ0n) is 19.9. The first-order valence-electron chi connectivity index (χ1n) is 11.0. The first-order valence-corrected chi connectivity index (χ1v) is 11.0. The number of carbonyl (C=O) groups is 1. The van der Waals surface area contributed by atoms with Gasteiger partial charge in [-0.3, -0.25) is 4.79 Å². The van der Waals surface area contributed by atoms with Crippen molar-refractivity contribution in [3.05, 3.63) is 65.4 Å². The molecule has 2 aromatic carbocycles. The summed E-state index contributed by atoms with van der Waals surface area (Å²) in [4.78, 5) is 13.1. The number of carbonyl (C=O) groups excluding carboxylic acids is 1. The van der Waals surface area contributed by atoms with E-state index in [-0.39, 0.29) is 17.3 Å². The smallest absolute Gasteiger partial charge is 0.294 e. The summed E-state index contributed by atoms with van der Waals surface area (Å²) in [6.45, 7) is 6.18. The van der Waals surface area contributed by atoms with E-state index in [1.54, 1.807) is 31.4 Å². The van der Waals surface area contributed by atoms with Crippen LogP contribution in [0.3, 0.4) is 0 Å². The third-order valence-corrected chi connectivity index (χ3v) is 5.27. The minimum Gasteiger partial charge on any atom is -0.497 e. The normalized spacial score (nSPS) is 11.6. The molecule has 0 saturated carbocycles. The van der Waals surface area contributed by atoms with Crippen LogP contribution in [0.2, 0.25) is 0 Å². The summed E-state index contributed by atoms with van der Waals surface area (Å²) in [5.74, 6) is 0.712. The van der Waals surface area contributed by atoms with Crippen molar-refractivity contribution >= 4 is 17.4 Å². The van der Waals surface area contributed by atoms with Gasteiger partial charge in [0.1, 0.15) is 11.4 Å². The Labute approximate surface area is 201 Å². The number of benzene rings is 2. The summed E-state index contributed by atoms with van der Waals surface area (Å²) in [7, 11) is 1.55. The second kappa shape index (κ2) is 10.2. The highest BCUT2D eigenvalue weighted by molar-refractivity contribution is 6.02. The van der Waals surface area contributed by atoms with Gasteiger partial charge in [0.15, 0.2) is 5.69 Å². The number of nitrogen functional groups attached to an aromatic ring is 1. The Balaban J connectivity index is 1.64. The topological polar surface area (TPSA) is 146 Å². The van der Waals surface area contributed by atoms with Gasteiger partial charge in [0.05, 0.1) is 12.8 Å². The number of anilines is 1. The van der Waals surface area contributed by atoms with Crippen LogP contribution in [0.15, 0.2) is 58.3 Å². The largest absolute Gasteiger partial charge is 0.497 e. The average Bonchev–Trinajstić information content (AvgIpc) is 3.48. The molecule has 1 amide bonds. The Morgan fingerprint density at radius 2 is 1.97 bits per heavy atom. The third kappa shape index (κ3) is 5.18. The first kappa shape index (κ1) is 23.6. The molecule has 0 saturated heterocycles. The molecule has 4 rings (SSSR count). The maximum atomic E-state index is 13.1. The summed E-state index contributed by atoms with van der Waals surface area (Å²) >= 11 is 0. The van der Waals surface area contributed by atoms with Crippen LogP contribution in [0, 0.1) is 5.92 Å². The predicted octanol–water partition coefficient (Wildman–Crippen LogP) is 3.26. The molecule has 0 aliphatic heterocycles. The molecule has 0 fully saturated rings. The minimum absolute atomic E-state index is 0.000725. The molecule has 0 unspecified atom stereocenters.